The predicted octanol–water partition coefficient (Wildman–Crippen LogP) is 2.30. The second kappa shape index (κ2) is 10.3. The fourth-order valence-corrected chi connectivity index (χ4v) is 2.91. The number of aliphatic hydroxyl groups is 1. The van der Waals surface area contributed by atoms with Gasteiger partial charge in [-0.1, -0.05) is 38.7 Å². The molecule has 0 spiro atoms. The normalized spacial score (nSPS) is 15.5. The zero-order valence-corrected chi connectivity index (χ0v) is 15.0. The van der Waals surface area contributed by atoms with Gasteiger partial charge in [0.05, 0.1) is 6.04 Å². The van der Waals surface area contributed by atoms with Crippen LogP contribution in [0.5, 0.6) is 11.5 Å². The minimum atomic E-state index is -0.884. The molecule has 0 radical (unpaired) electrons. The van der Waals surface area contributed by atoms with Gasteiger partial charge in [-0.15, -0.1) is 0 Å². The molecule has 0 bridgehead atoms. The van der Waals surface area contributed by atoms with Crippen molar-refractivity contribution < 1.29 is 19.4 Å². The Morgan fingerprint density at radius 2 is 1.92 bits per heavy atom. The molecule has 0 saturated heterocycles. The van der Waals surface area contributed by atoms with Gasteiger partial charge in [-0.25, -0.2) is 0 Å². The first-order valence-corrected chi connectivity index (χ1v) is 9.22. The highest BCUT2D eigenvalue weighted by Crippen LogP contribution is 2.33. The van der Waals surface area contributed by atoms with Crippen LogP contribution in [0.1, 0.15) is 57.1 Å². The fourth-order valence-electron chi connectivity index (χ4n) is 2.91. The lowest BCUT2D eigenvalue weighted by Gasteiger charge is -2.25. The molecule has 0 saturated carbocycles. The van der Waals surface area contributed by atoms with Crippen molar-refractivity contribution in [2.45, 2.75) is 57.6 Å². The van der Waals surface area contributed by atoms with Crippen LogP contribution in [0.15, 0.2) is 18.2 Å². The molecule has 0 aliphatic carbocycles. The van der Waals surface area contributed by atoms with Crippen molar-refractivity contribution in [3.05, 3.63) is 23.8 Å². The van der Waals surface area contributed by atoms with Gasteiger partial charge in [-0.2, -0.15) is 0 Å². The summed E-state index contributed by atoms with van der Waals surface area (Å²) in [4.78, 5) is 12.1. The van der Waals surface area contributed by atoms with E-state index in [0.717, 1.165) is 19.3 Å². The molecule has 1 aliphatic heterocycles. The third kappa shape index (κ3) is 5.90. The number of fused-ring (bicyclic) bond motifs is 1. The summed E-state index contributed by atoms with van der Waals surface area (Å²) >= 11 is 0. The molecule has 2 rings (SSSR count). The lowest BCUT2D eigenvalue weighted by atomic mass is 10.0. The lowest BCUT2D eigenvalue weighted by molar-refractivity contribution is -0.122. The van der Waals surface area contributed by atoms with Crippen molar-refractivity contribution in [2.24, 2.45) is 5.73 Å². The summed E-state index contributed by atoms with van der Waals surface area (Å²) in [6.45, 7) is 3.34. The first-order valence-electron chi connectivity index (χ1n) is 9.22. The maximum atomic E-state index is 12.1. The molecule has 6 heteroatoms. The van der Waals surface area contributed by atoms with Crippen LogP contribution in [-0.4, -0.2) is 36.8 Å². The molecule has 0 aromatic heterocycles. The summed E-state index contributed by atoms with van der Waals surface area (Å²) in [6, 6.07) is 4.78. The van der Waals surface area contributed by atoms with Crippen molar-refractivity contribution in [3.63, 3.8) is 0 Å². The number of nitrogens with two attached hydrogens (primary N) is 1. The number of amides is 1. The van der Waals surface area contributed by atoms with Gasteiger partial charge in [-0.3, -0.25) is 4.79 Å². The van der Waals surface area contributed by atoms with E-state index in [9.17, 15) is 9.90 Å². The van der Waals surface area contributed by atoms with Crippen LogP contribution < -0.4 is 20.5 Å². The highest BCUT2D eigenvalue weighted by Gasteiger charge is 2.23. The first-order chi connectivity index (χ1) is 12.2. The van der Waals surface area contributed by atoms with Crippen LogP contribution in [0.25, 0.3) is 0 Å². The Balaban J connectivity index is 1.87. The van der Waals surface area contributed by atoms with Crippen LogP contribution in [0.3, 0.4) is 0 Å². The van der Waals surface area contributed by atoms with E-state index in [1.807, 2.05) is 0 Å². The molecule has 1 aromatic rings. The van der Waals surface area contributed by atoms with E-state index >= 15 is 0 Å². The van der Waals surface area contributed by atoms with Crippen molar-refractivity contribution in [1.29, 1.82) is 0 Å². The first kappa shape index (κ1) is 19.5. The number of aliphatic hydroxyl groups excluding tert-OH is 1. The molecule has 25 heavy (non-hydrogen) atoms. The largest absolute Gasteiger partial charge is 0.486 e. The van der Waals surface area contributed by atoms with E-state index in [2.05, 4.69) is 12.2 Å². The molecular weight excluding hydrogens is 320 g/mol. The second-order valence-electron chi connectivity index (χ2n) is 6.42. The van der Waals surface area contributed by atoms with E-state index < -0.39 is 12.1 Å². The Labute approximate surface area is 149 Å². The zero-order valence-electron chi connectivity index (χ0n) is 15.0. The van der Waals surface area contributed by atoms with E-state index in [4.69, 9.17) is 15.2 Å². The molecule has 1 heterocycles. The van der Waals surface area contributed by atoms with Crippen molar-refractivity contribution >= 4 is 5.91 Å². The van der Waals surface area contributed by atoms with Crippen molar-refractivity contribution in [2.75, 3.05) is 19.8 Å². The molecule has 1 aliphatic rings. The SMILES string of the molecule is CCCCCCCC(=O)N[C@H](CN)[C@H](O)c1ccc2c(c1)OCCO2. The number of carbonyl (C=O) groups is 1. The van der Waals surface area contributed by atoms with Crippen LogP contribution in [0.4, 0.5) is 0 Å². The minimum Gasteiger partial charge on any atom is -0.486 e. The van der Waals surface area contributed by atoms with E-state index in [-0.39, 0.29) is 12.5 Å². The number of benzene rings is 1. The quantitative estimate of drug-likeness (QED) is 0.563. The summed E-state index contributed by atoms with van der Waals surface area (Å²) in [5.74, 6) is 1.21. The monoisotopic (exact) mass is 350 g/mol. The summed E-state index contributed by atoms with van der Waals surface area (Å²) in [5.41, 5.74) is 6.42. The maximum absolute atomic E-state index is 12.1. The Kier molecular flexibility index (Phi) is 8.01. The molecule has 0 unspecified atom stereocenters. The Hall–Kier alpha value is -1.79. The number of ether oxygens (including phenoxy) is 2. The van der Waals surface area contributed by atoms with Gasteiger partial charge in [0.2, 0.25) is 5.91 Å². The summed E-state index contributed by atoms with van der Waals surface area (Å²) in [7, 11) is 0. The smallest absolute Gasteiger partial charge is 0.220 e. The number of hydrogen-bond acceptors (Lipinski definition) is 5. The van der Waals surface area contributed by atoms with Gasteiger partial charge in [0.15, 0.2) is 11.5 Å². The average Bonchev–Trinajstić information content (AvgIpc) is 2.65. The van der Waals surface area contributed by atoms with Crippen molar-refractivity contribution in [1.82, 2.24) is 5.32 Å². The highest BCUT2D eigenvalue weighted by molar-refractivity contribution is 5.76. The topological polar surface area (TPSA) is 93.8 Å². The Morgan fingerprint density at radius 3 is 2.64 bits per heavy atom. The van der Waals surface area contributed by atoms with Crippen LogP contribution in [-0.2, 0) is 4.79 Å². The van der Waals surface area contributed by atoms with Gasteiger partial charge in [-0.05, 0) is 24.1 Å². The third-order valence-electron chi connectivity index (χ3n) is 4.40. The number of carbonyl (C=O) groups excluding carboxylic acids is 1. The van der Waals surface area contributed by atoms with Gasteiger partial charge in [0.1, 0.15) is 19.3 Å². The second-order valence-corrected chi connectivity index (χ2v) is 6.42. The molecule has 0 fully saturated rings. The molecular formula is C19H30N2O4. The fraction of sp³-hybridized carbons (Fsp3) is 0.632. The van der Waals surface area contributed by atoms with Crippen LogP contribution in [0, 0.1) is 0 Å². The van der Waals surface area contributed by atoms with Gasteiger partial charge in [0, 0.05) is 13.0 Å². The minimum absolute atomic E-state index is 0.0662. The Bertz CT molecular complexity index is 550. The molecule has 6 nitrogen and oxygen atoms in total. The molecule has 1 aromatic carbocycles. The Morgan fingerprint density at radius 1 is 1.20 bits per heavy atom. The van der Waals surface area contributed by atoms with Gasteiger partial charge >= 0.3 is 0 Å². The number of rotatable bonds is 10. The molecule has 2 atom stereocenters. The van der Waals surface area contributed by atoms with Crippen LogP contribution in [0.2, 0.25) is 0 Å². The number of hydrogen-bond donors (Lipinski definition) is 3. The zero-order chi connectivity index (χ0) is 18.1. The van der Waals surface area contributed by atoms with E-state index in [1.54, 1.807) is 18.2 Å². The lowest BCUT2D eigenvalue weighted by Crippen LogP contribution is -2.44. The number of nitrogens with one attached hydrogen (secondary N) is 1. The molecule has 4 N–H and O–H groups in total. The van der Waals surface area contributed by atoms with Gasteiger partial charge in [0.25, 0.3) is 0 Å². The standard InChI is InChI=1S/C19H30N2O4/c1-2-3-4-5-6-7-18(22)21-15(13-20)19(23)14-8-9-16-17(12-14)25-11-10-24-16/h8-9,12,15,19,23H,2-7,10-11,13,20H2,1H3,(H,21,22)/t15-,19-/m1/s1. The molecule has 140 valence electrons. The van der Waals surface area contributed by atoms with Crippen LogP contribution >= 0.6 is 0 Å². The third-order valence-corrected chi connectivity index (χ3v) is 4.40. The van der Waals surface area contributed by atoms with E-state index in [1.165, 1.54) is 12.8 Å². The summed E-state index contributed by atoms with van der Waals surface area (Å²) in [6.07, 6.45) is 5.05. The maximum Gasteiger partial charge on any atom is 0.220 e. The van der Waals surface area contributed by atoms with Gasteiger partial charge < -0.3 is 25.6 Å². The summed E-state index contributed by atoms with van der Waals surface area (Å²) < 4.78 is 11.0. The van der Waals surface area contributed by atoms with Crippen molar-refractivity contribution in [3.8, 4) is 11.5 Å². The molecule has 1 amide bonds. The van der Waals surface area contributed by atoms with E-state index in [0.29, 0.717) is 36.7 Å². The number of unbranched alkanes of at least 4 members (excludes halogenated alkanes) is 4. The highest BCUT2D eigenvalue weighted by atomic mass is 16.6. The summed E-state index contributed by atoms with van der Waals surface area (Å²) in [5, 5.41) is 13.4. The predicted molar refractivity (Wildman–Crippen MR) is 96.8 cm³/mol. The average molecular weight is 350 g/mol.